The second kappa shape index (κ2) is 9.80. The van der Waals surface area contributed by atoms with Crippen molar-refractivity contribution in [1.29, 1.82) is 0 Å². The molecule has 3 heterocycles. The number of amides is 2. The topological polar surface area (TPSA) is 94.1 Å². The van der Waals surface area contributed by atoms with Gasteiger partial charge in [-0.2, -0.15) is 13.2 Å². The van der Waals surface area contributed by atoms with Gasteiger partial charge in [0.05, 0.1) is 12.1 Å². The van der Waals surface area contributed by atoms with Gasteiger partial charge in [0.2, 0.25) is 5.91 Å². The molecule has 0 bridgehead atoms. The van der Waals surface area contributed by atoms with Crippen LogP contribution in [0.15, 0.2) is 48.5 Å². The van der Waals surface area contributed by atoms with Crippen molar-refractivity contribution in [2.24, 2.45) is 0 Å². The number of piperazine rings is 1. The first-order chi connectivity index (χ1) is 15.9. The lowest BCUT2D eigenvalue weighted by atomic mass is 9.92. The van der Waals surface area contributed by atoms with Crippen LogP contribution in [0, 0.1) is 6.92 Å². The lowest BCUT2D eigenvalue weighted by Gasteiger charge is -2.46. The number of halogens is 3. The average molecular weight is 478 g/mol. The number of carboxylic acids is 1. The van der Waals surface area contributed by atoms with E-state index >= 15 is 0 Å². The molecule has 2 aliphatic heterocycles. The van der Waals surface area contributed by atoms with Crippen LogP contribution in [0.25, 0.3) is 0 Å². The predicted molar refractivity (Wildman–Crippen MR) is 117 cm³/mol. The highest BCUT2D eigenvalue weighted by molar-refractivity contribution is 5.96. The maximum Gasteiger partial charge on any atom is 0.490 e. The number of carbonyl (C=O) groups excluding carboxylic acids is 2. The fraction of sp³-hybridized carbons (Fsp3) is 0.391. The number of aryl methyl sites for hydroxylation is 1. The quantitative estimate of drug-likeness (QED) is 0.713. The molecule has 2 amide bonds. The molecule has 1 spiro atoms. The normalized spacial score (nSPS) is 20.8. The first-order valence-corrected chi connectivity index (χ1v) is 10.5. The molecule has 11 heteroatoms. The molecule has 2 aromatic rings. The lowest BCUT2D eigenvalue weighted by Crippen LogP contribution is -2.64. The summed E-state index contributed by atoms with van der Waals surface area (Å²) < 4.78 is 31.7. The fourth-order valence-electron chi connectivity index (χ4n) is 4.10. The molecule has 2 saturated heterocycles. The minimum atomic E-state index is -5.08. The summed E-state index contributed by atoms with van der Waals surface area (Å²) in [7, 11) is 1.99. The number of benzene rings is 1. The first-order valence-electron chi connectivity index (χ1n) is 10.5. The van der Waals surface area contributed by atoms with Crippen LogP contribution in [-0.4, -0.2) is 82.6 Å². The van der Waals surface area contributed by atoms with Gasteiger partial charge >= 0.3 is 12.1 Å². The molecule has 1 unspecified atom stereocenters. The Morgan fingerprint density at radius 1 is 1.06 bits per heavy atom. The number of carboxylic acid groups (broad SMARTS) is 1. The minimum absolute atomic E-state index is 0.0351. The number of aliphatic carboxylic acids is 1. The molecule has 0 saturated carbocycles. The van der Waals surface area contributed by atoms with Crippen molar-refractivity contribution in [3.8, 4) is 0 Å². The Balaban J connectivity index is 0.000000406. The molecule has 0 radical (unpaired) electrons. The van der Waals surface area contributed by atoms with Gasteiger partial charge in [0.25, 0.3) is 5.91 Å². The van der Waals surface area contributed by atoms with Crippen molar-refractivity contribution in [2.45, 2.75) is 25.1 Å². The van der Waals surface area contributed by atoms with Crippen molar-refractivity contribution in [2.75, 3.05) is 38.1 Å². The van der Waals surface area contributed by atoms with Crippen LogP contribution in [0.4, 0.5) is 18.9 Å². The number of anilines is 1. The maximum absolute atomic E-state index is 12.9. The number of likely N-dealkylation sites (N-methyl/N-ethyl adjacent to an activating group) is 1. The van der Waals surface area contributed by atoms with Crippen LogP contribution in [0.2, 0.25) is 0 Å². The second-order valence-electron chi connectivity index (χ2n) is 8.34. The highest BCUT2D eigenvalue weighted by atomic mass is 19.4. The van der Waals surface area contributed by atoms with Crippen molar-refractivity contribution in [3.05, 3.63) is 59.9 Å². The second-order valence-corrected chi connectivity index (χ2v) is 8.34. The Morgan fingerprint density at radius 3 is 2.29 bits per heavy atom. The highest BCUT2D eigenvalue weighted by Gasteiger charge is 2.48. The van der Waals surface area contributed by atoms with E-state index in [9.17, 15) is 22.8 Å². The Morgan fingerprint density at radius 2 is 1.71 bits per heavy atom. The van der Waals surface area contributed by atoms with Gasteiger partial charge in [-0.3, -0.25) is 14.5 Å². The summed E-state index contributed by atoms with van der Waals surface area (Å²) in [5.41, 5.74) is 2.02. The number of rotatable bonds is 2. The monoisotopic (exact) mass is 478 g/mol. The lowest BCUT2D eigenvalue weighted by molar-refractivity contribution is -0.192. The molecule has 1 aromatic carbocycles. The van der Waals surface area contributed by atoms with Crippen LogP contribution < -0.4 is 4.90 Å². The molecule has 1 N–H and O–H groups in total. The number of carbonyl (C=O) groups is 3. The molecule has 8 nitrogen and oxygen atoms in total. The number of likely N-dealkylation sites (tertiary alicyclic amines) is 1. The van der Waals surface area contributed by atoms with E-state index in [1.54, 1.807) is 6.07 Å². The number of para-hydroxylation sites is 1. The number of nitrogens with zero attached hydrogens (tertiary/aromatic N) is 4. The van der Waals surface area contributed by atoms with Crippen LogP contribution in [0.3, 0.4) is 0 Å². The Labute approximate surface area is 194 Å². The smallest absolute Gasteiger partial charge is 0.475 e. The summed E-state index contributed by atoms with van der Waals surface area (Å²) in [5.74, 6) is -2.70. The third kappa shape index (κ3) is 5.53. The average Bonchev–Trinajstić information content (AvgIpc) is 3.21. The van der Waals surface area contributed by atoms with E-state index in [0.717, 1.165) is 17.8 Å². The third-order valence-corrected chi connectivity index (χ3v) is 5.97. The zero-order valence-electron chi connectivity index (χ0n) is 18.7. The summed E-state index contributed by atoms with van der Waals surface area (Å²) in [6.07, 6.45) is -4.24. The van der Waals surface area contributed by atoms with E-state index in [2.05, 4.69) is 9.88 Å². The minimum Gasteiger partial charge on any atom is -0.475 e. The zero-order valence-corrected chi connectivity index (χ0v) is 18.7. The van der Waals surface area contributed by atoms with E-state index < -0.39 is 12.1 Å². The molecular weight excluding hydrogens is 453 g/mol. The molecule has 0 aliphatic carbocycles. The van der Waals surface area contributed by atoms with Gasteiger partial charge in [-0.1, -0.05) is 24.3 Å². The molecule has 2 fully saturated rings. The molecule has 182 valence electrons. The van der Waals surface area contributed by atoms with Gasteiger partial charge in [-0.15, -0.1) is 0 Å². The van der Waals surface area contributed by atoms with Crippen LogP contribution in [0.5, 0.6) is 0 Å². The standard InChI is InChI=1S/C21H24N4O2.C2HF3O2/c1-16-7-6-10-18(22-16)20(27)24-12-11-21(14-24)15-25(19(26)13-23(21)2)17-8-4-3-5-9-17;3-2(4,5)1(6)7/h3-10H,11-15H2,1-2H3;(H,6,7). The van der Waals surface area contributed by atoms with E-state index in [4.69, 9.17) is 9.90 Å². The Hall–Kier alpha value is -3.47. The number of hydrogen-bond acceptors (Lipinski definition) is 5. The summed E-state index contributed by atoms with van der Waals surface area (Å²) >= 11 is 0. The van der Waals surface area contributed by atoms with Crippen molar-refractivity contribution in [3.63, 3.8) is 0 Å². The molecule has 34 heavy (non-hydrogen) atoms. The van der Waals surface area contributed by atoms with Crippen molar-refractivity contribution in [1.82, 2.24) is 14.8 Å². The largest absolute Gasteiger partial charge is 0.490 e. The molecule has 4 rings (SSSR count). The van der Waals surface area contributed by atoms with Gasteiger partial charge < -0.3 is 14.9 Å². The van der Waals surface area contributed by atoms with E-state index in [1.165, 1.54) is 0 Å². The molecular formula is C23H25F3N4O4. The van der Waals surface area contributed by atoms with Crippen molar-refractivity contribution < 1.29 is 32.7 Å². The summed E-state index contributed by atoms with van der Waals surface area (Å²) in [6.45, 7) is 4.13. The first kappa shape index (κ1) is 25.2. The third-order valence-electron chi connectivity index (χ3n) is 5.97. The van der Waals surface area contributed by atoms with Gasteiger partial charge in [0.15, 0.2) is 0 Å². The number of pyridine rings is 1. The van der Waals surface area contributed by atoms with E-state index in [0.29, 0.717) is 31.9 Å². The van der Waals surface area contributed by atoms with E-state index in [-0.39, 0.29) is 17.4 Å². The molecule has 1 aromatic heterocycles. The summed E-state index contributed by atoms with van der Waals surface area (Å²) in [6, 6.07) is 15.3. The molecule has 2 aliphatic rings. The van der Waals surface area contributed by atoms with Crippen LogP contribution >= 0.6 is 0 Å². The maximum atomic E-state index is 12.9. The van der Waals surface area contributed by atoms with Gasteiger partial charge in [-0.05, 0) is 44.7 Å². The summed E-state index contributed by atoms with van der Waals surface area (Å²) in [5, 5.41) is 7.12. The number of hydrogen-bond donors (Lipinski definition) is 1. The van der Waals surface area contributed by atoms with Crippen molar-refractivity contribution >= 4 is 23.5 Å². The van der Waals surface area contributed by atoms with Crippen LogP contribution in [0.1, 0.15) is 22.6 Å². The van der Waals surface area contributed by atoms with Gasteiger partial charge in [-0.25, -0.2) is 9.78 Å². The zero-order chi connectivity index (χ0) is 25.1. The van der Waals surface area contributed by atoms with Gasteiger partial charge in [0, 0.05) is 31.0 Å². The highest BCUT2D eigenvalue weighted by Crippen LogP contribution is 2.33. The Kier molecular flexibility index (Phi) is 7.25. The van der Waals surface area contributed by atoms with Gasteiger partial charge in [0.1, 0.15) is 5.69 Å². The van der Waals surface area contributed by atoms with Crippen LogP contribution in [-0.2, 0) is 9.59 Å². The number of alkyl halides is 3. The predicted octanol–water partition coefficient (Wildman–Crippen LogP) is 2.59. The number of aromatic nitrogens is 1. The Bertz CT molecular complexity index is 1060. The SMILES string of the molecule is Cc1cccc(C(=O)N2CCC3(C2)CN(c2ccccc2)C(=O)CN3C)n1.O=C(O)C(F)(F)F. The molecule has 1 atom stereocenters. The fourth-order valence-corrected chi connectivity index (χ4v) is 4.10. The summed E-state index contributed by atoms with van der Waals surface area (Å²) in [4.78, 5) is 44.6. The van der Waals surface area contributed by atoms with E-state index in [1.807, 2.05) is 66.2 Å².